The molecule has 1 rings (SSSR count). The van der Waals surface area contributed by atoms with Crippen molar-refractivity contribution >= 4 is 10.0 Å². The van der Waals surface area contributed by atoms with Gasteiger partial charge in [-0.25, -0.2) is 13.1 Å². The minimum absolute atomic E-state index is 0.0908. The van der Waals surface area contributed by atoms with Gasteiger partial charge in [0.2, 0.25) is 10.0 Å². The van der Waals surface area contributed by atoms with Gasteiger partial charge in [0.1, 0.15) is 0 Å². The Hall–Kier alpha value is -0.910. The summed E-state index contributed by atoms with van der Waals surface area (Å²) in [5.74, 6) is 0. The van der Waals surface area contributed by atoms with Crippen LogP contribution in [-0.2, 0) is 10.0 Å². The molecule has 1 aromatic carbocycles. The average molecular weight is 284 g/mol. The average Bonchev–Trinajstić information content (AvgIpc) is 2.24. The van der Waals surface area contributed by atoms with E-state index in [0.29, 0.717) is 4.90 Å². The van der Waals surface area contributed by atoms with Crippen molar-refractivity contribution < 1.29 is 8.42 Å². The molecular weight excluding hydrogens is 260 g/mol. The van der Waals surface area contributed by atoms with E-state index in [1.54, 1.807) is 25.1 Å². The van der Waals surface area contributed by atoms with Crippen molar-refractivity contribution in [1.29, 1.82) is 0 Å². The van der Waals surface area contributed by atoms with E-state index < -0.39 is 10.0 Å². The fourth-order valence-electron chi connectivity index (χ4n) is 2.01. The molecule has 0 aliphatic carbocycles. The number of hydrogen-bond donors (Lipinski definition) is 2. The lowest BCUT2D eigenvalue weighted by molar-refractivity contribution is 0.338. The van der Waals surface area contributed by atoms with Crippen LogP contribution in [0.5, 0.6) is 0 Å². The van der Waals surface area contributed by atoms with Crippen molar-refractivity contribution in [2.45, 2.75) is 45.1 Å². The second kappa shape index (κ2) is 6.03. The second-order valence-electron chi connectivity index (χ2n) is 6.14. The largest absolute Gasteiger partial charge is 0.326 e. The maximum atomic E-state index is 12.2. The van der Waals surface area contributed by atoms with Crippen LogP contribution in [0.4, 0.5) is 0 Å². The Morgan fingerprint density at radius 3 is 2.37 bits per heavy atom. The molecule has 0 radical (unpaired) electrons. The molecule has 0 aromatic heterocycles. The number of benzene rings is 1. The van der Waals surface area contributed by atoms with Crippen molar-refractivity contribution in [2.24, 2.45) is 11.1 Å². The molecule has 0 fully saturated rings. The smallest absolute Gasteiger partial charge is 0.240 e. The van der Waals surface area contributed by atoms with E-state index in [-0.39, 0.29) is 18.0 Å². The molecule has 0 heterocycles. The zero-order chi connectivity index (χ0) is 14.7. The summed E-state index contributed by atoms with van der Waals surface area (Å²) in [5.41, 5.74) is 6.78. The van der Waals surface area contributed by atoms with Crippen molar-refractivity contribution in [1.82, 2.24) is 4.72 Å². The van der Waals surface area contributed by atoms with Crippen LogP contribution in [0, 0.1) is 12.3 Å². The molecule has 0 aliphatic heterocycles. The van der Waals surface area contributed by atoms with Crippen molar-refractivity contribution in [3.8, 4) is 0 Å². The highest BCUT2D eigenvalue weighted by Crippen LogP contribution is 2.20. The van der Waals surface area contributed by atoms with Crippen LogP contribution in [0.1, 0.15) is 32.8 Å². The number of nitrogens with two attached hydrogens (primary N) is 1. The van der Waals surface area contributed by atoms with Crippen LogP contribution < -0.4 is 10.5 Å². The lowest BCUT2D eigenvalue weighted by atomic mass is 9.88. The molecule has 3 N–H and O–H groups in total. The number of aryl methyl sites for hydroxylation is 1. The highest BCUT2D eigenvalue weighted by atomic mass is 32.2. The van der Waals surface area contributed by atoms with Gasteiger partial charge in [-0.15, -0.1) is 0 Å². The molecular formula is C14H24N2O2S. The van der Waals surface area contributed by atoms with Crippen LogP contribution in [0.2, 0.25) is 0 Å². The van der Waals surface area contributed by atoms with Gasteiger partial charge in [-0.05, 0) is 30.4 Å². The van der Waals surface area contributed by atoms with Crippen molar-refractivity contribution in [3.05, 3.63) is 29.8 Å². The van der Waals surface area contributed by atoms with Crippen molar-refractivity contribution in [3.63, 3.8) is 0 Å². The SMILES string of the molecule is Cc1ccccc1S(=O)(=O)NCC(N)CC(C)(C)C. The topological polar surface area (TPSA) is 72.2 Å². The van der Waals surface area contributed by atoms with Gasteiger partial charge in [-0.1, -0.05) is 39.0 Å². The summed E-state index contributed by atoms with van der Waals surface area (Å²) < 4.78 is 26.9. The summed E-state index contributed by atoms with van der Waals surface area (Å²) in [6.45, 7) is 8.30. The molecule has 0 saturated carbocycles. The maximum Gasteiger partial charge on any atom is 0.240 e. The third-order valence-corrected chi connectivity index (χ3v) is 4.38. The Morgan fingerprint density at radius 2 is 1.84 bits per heavy atom. The maximum absolute atomic E-state index is 12.2. The summed E-state index contributed by atoms with van der Waals surface area (Å²) >= 11 is 0. The first-order valence-electron chi connectivity index (χ1n) is 6.43. The summed E-state index contributed by atoms with van der Waals surface area (Å²) in [7, 11) is -3.47. The van der Waals surface area contributed by atoms with Crippen LogP contribution in [0.15, 0.2) is 29.2 Å². The Balaban J connectivity index is 2.70. The molecule has 0 amide bonds. The number of sulfonamides is 1. The molecule has 4 nitrogen and oxygen atoms in total. The number of hydrogen-bond acceptors (Lipinski definition) is 3. The predicted molar refractivity (Wildman–Crippen MR) is 78.4 cm³/mol. The first kappa shape index (κ1) is 16.1. The fraction of sp³-hybridized carbons (Fsp3) is 0.571. The van der Waals surface area contributed by atoms with E-state index in [0.717, 1.165) is 12.0 Å². The van der Waals surface area contributed by atoms with Gasteiger partial charge in [-0.3, -0.25) is 0 Å². The fourth-order valence-corrected chi connectivity index (χ4v) is 3.35. The van der Waals surface area contributed by atoms with Gasteiger partial charge < -0.3 is 5.73 Å². The second-order valence-corrected chi connectivity index (χ2v) is 7.88. The van der Waals surface area contributed by atoms with Gasteiger partial charge in [0, 0.05) is 12.6 Å². The molecule has 0 spiro atoms. The lowest BCUT2D eigenvalue weighted by Gasteiger charge is -2.23. The summed E-state index contributed by atoms with van der Waals surface area (Å²) in [6.07, 6.45) is 0.767. The summed E-state index contributed by atoms with van der Waals surface area (Å²) in [4.78, 5) is 0.318. The van der Waals surface area contributed by atoms with Crippen LogP contribution in [0.25, 0.3) is 0 Å². The molecule has 1 unspecified atom stereocenters. The van der Waals surface area contributed by atoms with Gasteiger partial charge in [0.25, 0.3) is 0 Å². The minimum Gasteiger partial charge on any atom is -0.326 e. The quantitative estimate of drug-likeness (QED) is 0.869. The van der Waals surface area contributed by atoms with Crippen LogP contribution in [0.3, 0.4) is 0 Å². The van der Waals surface area contributed by atoms with E-state index >= 15 is 0 Å². The molecule has 0 saturated heterocycles. The third kappa shape index (κ3) is 5.30. The molecule has 1 atom stereocenters. The zero-order valence-electron chi connectivity index (χ0n) is 12.1. The Kier molecular flexibility index (Phi) is 5.12. The lowest BCUT2D eigenvalue weighted by Crippen LogP contribution is -2.39. The number of nitrogens with one attached hydrogen (secondary N) is 1. The van der Waals surface area contributed by atoms with E-state index in [2.05, 4.69) is 25.5 Å². The van der Waals surface area contributed by atoms with Gasteiger partial charge in [0.15, 0.2) is 0 Å². The van der Waals surface area contributed by atoms with Gasteiger partial charge in [-0.2, -0.15) is 0 Å². The molecule has 108 valence electrons. The standard InChI is InChI=1S/C14H24N2O2S/c1-11-7-5-6-8-13(11)19(17,18)16-10-12(15)9-14(2,3)4/h5-8,12,16H,9-10,15H2,1-4H3. The first-order valence-corrected chi connectivity index (χ1v) is 7.91. The molecule has 19 heavy (non-hydrogen) atoms. The Labute approximate surface area is 116 Å². The minimum atomic E-state index is -3.47. The normalized spacial score (nSPS) is 14.4. The highest BCUT2D eigenvalue weighted by molar-refractivity contribution is 7.89. The predicted octanol–water partition coefficient (Wildman–Crippen LogP) is 2.04. The first-order chi connectivity index (χ1) is 8.62. The summed E-state index contributed by atoms with van der Waals surface area (Å²) in [6, 6.07) is 6.74. The van der Waals surface area contributed by atoms with E-state index in [1.165, 1.54) is 0 Å². The van der Waals surface area contributed by atoms with E-state index in [9.17, 15) is 8.42 Å². The monoisotopic (exact) mass is 284 g/mol. The zero-order valence-corrected chi connectivity index (χ0v) is 12.9. The molecule has 0 aliphatic rings. The Morgan fingerprint density at radius 1 is 1.26 bits per heavy atom. The molecule has 0 bridgehead atoms. The molecule has 1 aromatic rings. The van der Waals surface area contributed by atoms with Crippen LogP contribution >= 0.6 is 0 Å². The third-order valence-electron chi connectivity index (χ3n) is 2.79. The van der Waals surface area contributed by atoms with E-state index in [1.807, 2.05) is 6.07 Å². The van der Waals surface area contributed by atoms with Crippen LogP contribution in [-0.4, -0.2) is 21.0 Å². The summed E-state index contributed by atoms with van der Waals surface area (Å²) in [5, 5.41) is 0. The number of rotatable bonds is 5. The van der Waals surface area contributed by atoms with Gasteiger partial charge >= 0.3 is 0 Å². The van der Waals surface area contributed by atoms with Gasteiger partial charge in [0.05, 0.1) is 4.90 Å². The highest BCUT2D eigenvalue weighted by Gasteiger charge is 2.20. The van der Waals surface area contributed by atoms with E-state index in [4.69, 9.17) is 5.73 Å². The van der Waals surface area contributed by atoms with Crippen molar-refractivity contribution in [2.75, 3.05) is 6.54 Å². The molecule has 5 heteroatoms. The Bertz CT molecular complexity index is 518.